The van der Waals surface area contributed by atoms with Crippen LogP contribution in [-0.4, -0.2) is 57.6 Å². The first-order chi connectivity index (χ1) is 16.5. The summed E-state index contributed by atoms with van der Waals surface area (Å²) in [7, 11) is 4.60. The van der Waals surface area contributed by atoms with Crippen LogP contribution < -0.4 is 24.8 Å². The maximum Gasteiger partial charge on any atom is 0.335 e. The molecule has 2 aromatic heterocycles. The number of carboxylic acid groups (broad SMARTS) is 1. The third-order valence-corrected chi connectivity index (χ3v) is 4.75. The second kappa shape index (κ2) is 9.73. The molecular formula is C22H21N7O5. The number of benzene rings is 2. The highest BCUT2D eigenvalue weighted by Crippen LogP contribution is 2.40. The summed E-state index contributed by atoms with van der Waals surface area (Å²) in [6.07, 6.45) is 1.36. The van der Waals surface area contributed by atoms with Crippen molar-refractivity contribution in [3.8, 4) is 28.5 Å². The van der Waals surface area contributed by atoms with Gasteiger partial charge in [0.1, 0.15) is 6.33 Å². The van der Waals surface area contributed by atoms with Crippen molar-refractivity contribution >= 4 is 29.4 Å². The average Bonchev–Trinajstić information content (AvgIpc) is 3.32. The van der Waals surface area contributed by atoms with Crippen molar-refractivity contribution in [3.05, 3.63) is 54.4 Å². The summed E-state index contributed by atoms with van der Waals surface area (Å²) in [4.78, 5) is 23.6. The number of carbonyl (C=O) groups is 1. The summed E-state index contributed by atoms with van der Waals surface area (Å²) < 4.78 is 16.1. The molecule has 2 heterocycles. The Bertz CT molecular complexity index is 1280. The number of nitrogens with one attached hydrogen (secondary N) is 3. The maximum atomic E-state index is 11.0. The van der Waals surface area contributed by atoms with Gasteiger partial charge in [-0.1, -0.05) is 12.1 Å². The largest absolute Gasteiger partial charge is 0.493 e. The molecule has 4 N–H and O–H groups in total. The third kappa shape index (κ3) is 4.80. The molecule has 12 heteroatoms. The van der Waals surface area contributed by atoms with Crippen LogP contribution in [0.3, 0.4) is 0 Å². The van der Waals surface area contributed by atoms with E-state index in [1.165, 1.54) is 39.8 Å². The molecule has 0 aliphatic carbocycles. The van der Waals surface area contributed by atoms with Gasteiger partial charge in [0.05, 0.1) is 32.6 Å². The fourth-order valence-corrected chi connectivity index (χ4v) is 3.14. The molecule has 4 rings (SSSR count). The molecule has 34 heavy (non-hydrogen) atoms. The zero-order chi connectivity index (χ0) is 24.1. The summed E-state index contributed by atoms with van der Waals surface area (Å²) >= 11 is 0. The minimum absolute atomic E-state index is 0.207. The Kier molecular flexibility index (Phi) is 6.39. The quantitative estimate of drug-likeness (QED) is 0.288. The molecule has 12 nitrogen and oxygen atoms in total. The van der Waals surface area contributed by atoms with Gasteiger partial charge in [0.25, 0.3) is 0 Å². The lowest BCUT2D eigenvalue weighted by molar-refractivity contribution is 0.0697. The smallest absolute Gasteiger partial charge is 0.335 e. The van der Waals surface area contributed by atoms with Crippen LogP contribution in [0.5, 0.6) is 17.2 Å². The van der Waals surface area contributed by atoms with Gasteiger partial charge >= 0.3 is 5.97 Å². The summed E-state index contributed by atoms with van der Waals surface area (Å²) in [6, 6.07) is 11.7. The highest BCUT2D eigenvalue weighted by molar-refractivity contribution is 5.88. The highest BCUT2D eigenvalue weighted by Gasteiger charge is 2.14. The fourth-order valence-electron chi connectivity index (χ4n) is 3.14. The monoisotopic (exact) mass is 463 g/mol. The third-order valence-electron chi connectivity index (χ3n) is 4.75. The molecule has 0 saturated carbocycles. The topological polar surface area (TPSA) is 156 Å². The Morgan fingerprint density at radius 2 is 1.56 bits per heavy atom. The Hall–Kier alpha value is -4.87. The predicted molar refractivity (Wildman–Crippen MR) is 123 cm³/mol. The number of H-pyrrole nitrogens is 1. The van der Waals surface area contributed by atoms with Crippen LogP contribution in [0.4, 0.5) is 23.4 Å². The van der Waals surface area contributed by atoms with Crippen LogP contribution in [0.25, 0.3) is 11.3 Å². The van der Waals surface area contributed by atoms with Gasteiger partial charge in [-0.05, 0) is 17.7 Å². The van der Waals surface area contributed by atoms with E-state index in [4.69, 9.17) is 19.3 Å². The van der Waals surface area contributed by atoms with Gasteiger partial charge in [-0.2, -0.15) is 10.1 Å². The summed E-state index contributed by atoms with van der Waals surface area (Å²) in [5.41, 5.74) is 2.31. The van der Waals surface area contributed by atoms with E-state index in [1.54, 1.807) is 30.3 Å². The molecule has 0 unspecified atom stereocenters. The number of ether oxygens (including phenoxy) is 3. The minimum Gasteiger partial charge on any atom is -0.493 e. The number of aromatic nitrogens is 5. The zero-order valence-corrected chi connectivity index (χ0v) is 18.5. The van der Waals surface area contributed by atoms with Crippen molar-refractivity contribution in [2.45, 2.75) is 0 Å². The van der Waals surface area contributed by atoms with Crippen LogP contribution in [0.2, 0.25) is 0 Å². The number of methoxy groups -OCH3 is 3. The standard InChI is InChI=1S/C22H21N7O5/c1-32-16-8-14(9-17(33-2)19(16)34-3)25-21-23-11-24-22(27-21)26-18-10-15(28-29-18)12-4-6-13(7-5-12)20(30)31/h4-11H,1-3H3,(H,30,31)(H3,23,24,25,26,27,28,29). The number of rotatable bonds is 9. The highest BCUT2D eigenvalue weighted by atomic mass is 16.5. The van der Waals surface area contributed by atoms with Crippen molar-refractivity contribution in [1.29, 1.82) is 0 Å². The fraction of sp³-hybridized carbons (Fsp3) is 0.136. The van der Waals surface area contributed by atoms with Gasteiger partial charge in [-0.3, -0.25) is 5.10 Å². The molecule has 0 amide bonds. The van der Waals surface area contributed by atoms with E-state index in [2.05, 4.69) is 35.8 Å². The van der Waals surface area contributed by atoms with E-state index in [-0.39, 0.29) is 17.5 Å². The molecule has 4 aromatic rings. The number of nitrogens with zero attached hydrogens (tertiary/aromatic N) is 4. The van der Waals surface area contributed by atoms with Crippen LogP contribution >= 0.6 is 0 Å². The lowest BCUT2D eigenvalue weighted by atomic mass is 10.1. The number of carboxylic acids is 1. The predicted octanol–water partition coefficient (Wildman–Crippen LogP) is 3.47. The van der Waals surface area contributed by atoms with Gasteiger partial charge in [0.15, 0.2) is 17.3 Å². The molecule has 0 saturated heterocycles. The Morgan fingerprint density at radius 3 is 2.15 bits per heavy atom. The van der Waals surface area contributed by atoms with Gasteiger partial charge in [0, 0.05) is 23.9 Å². The van der Waals surface area contributed by atoms with E-state index < -0.39 is 5.97 Å². The lowest BCUT2D eigenvalue weighted by Crippen LogP contribution is -2.03. The first kappa shape index (κ1) is 22.3. The van der Waals surface area contributed by atoms with E-state index >= 15 is 0 Å². The van der Waals surface area contributed by atoms with Crippen molar-refractivity contribution < 1.29 is 24.1 Å². The average molecular weight is 463 g/mol. The molecule has 0 fully saturated rings. The number of anilines is 4. The van der Waals surface area contributed by atoms with Gasteiger partial charge in [-0.25, -0.2) is 14.8 Å². The number of hydrogen-bond donors (Lipinski definition) is 4. The lowest BCUT2D eigenvalue weighted by Gasteiger charge is -2.14. The van der Waals surface area contributed by atoms with E-state index in [0.717, 1.165) is 5.56 Å². The molecule has 0 atom stereocenters. The molecule has 0 radical (unpaired) electrons. The Labute approximate surface area is 194 Å². The van der Waals surface area contributed by atoms with Crippen LogP contribution in [0.1, 0.15) is 10.4 Å². The van der Waals surface area contributed by atoms with Crippen LogP contribution in [0.15, 0.2) is 48.8 Å². The number of hydrogen-bond acceptors (Lipinski definition) is 10. The summed E-state index contributed by atoms with van der Waals surface area (Å²) in [5.74, 6) is 1.48. The van der Waals surface area contributed by atoms with Crippen molar-refractivity contribution in [3.63, 3.8) is 0 Å². The van der Waals surface area contributed by atoms with Crippen LogP contribution in [0, 0.1) is 0 Å². The molecule has 0 aliphatic rings. The van der Waals surface area contributed by atoms with Crippen LogP contribution in [-0.2, 0) is 0 Å². The van der Waals surface area contributed by atoms with E-state index in [0.29, 0.717) is 34.4 Å². The molecule has 0 aliphatic heterocycles. The Balaban J connectivity index is 1.50. The zero-order valence-electron chi connectivity index (χ0n) is 18.5. The molecular weight excluding hydrogens is 442 g/mol. The first-order valence-electron chi connectivity index (χ1n) is 9.93. The SMILES string of the molecule is COc1cc(Nc2ncnc(Nc3cc(-c4ccc(C(=O)O)cc4)[nH]n3)n2)cc(OC)c1OC. The number of aromatic amines is 1. The van der Waals surface area contributed by atoms with Crippen molar-refractivity contribution in [1.82, 2.24) is 25.1 Å². The van der Waals surface area contributed by atoms with E-state index in [9.17, 15) is 4.79 Å². The van der Waals surface area contributed by atoms with Crippen molar-refractivity contribution in [2.24, 2.45) is 0 Å². The second-order valence-corrected chi connectivity index (χ2v) is 6.85. The molecule has 0 bridgehead atoms. The number of aromatic carboxylic acids is 1. The maximum absolute atomic E-state index is 11.0. The molecule has 0 spiro atoms. The Morgan fingerprint density at radius 1 is 0.912 bits per heavy atom. The summed E-state index contributed by atoms with van der Waals surface area (Å²) in [5, 5.41) is 22.2. The minimum atomic E-state index is -0.982. The van der Waals surface area contributed by atoms with Gasteiger partial charge in [0.2, 0.25) is 17.6 Å². The van der Waals surface area contributed by atoms with Gasteiger partial charge in [-0.15, -0.1) is 0 Å². The first-order valence-corrected chi connectivity index (χ1v) is 9.93. The van der Waals surface area contributed by atoms with E-state index in [1.807, 2.05) is 0 Å². The normalized spacial score (nSPS) is 10.4. The van der Waals surface area contributed by atoms with Crippen molar-refractivity contribution in [2.75, 3.05) is 32.0 Å². The molecule has 2 aromatic carbocycles. The second-order valence-electron chi connectivity index (χ2n) is 6.85. The van der Waals surface area contributed by atoms with Gasteiger partial charge < -0.3 is 30.0 Å². The summed E-state index contributed by atoms with van der Waals surface area (Å²) in [6.45, 7) is 0. The molecule has 174 valence electrons.